The van der Waals surface area contributed by atoms with Crippen LogP contribution in [-0.4, -0.2) is 24.5 Å². The smallest absolute Gasteiger partial charge is 0.235 e. The molecule has 0 aliphatic heterocycles. The molecule has 3 heterocycles. The molecule has 114 valence electrons. The number of pyridine rings is 1. The van der Waals surface area contributed by atoms with Gasteiger partial charge in [0.25, 0.3) is 0 Å². The fourth-order valence-electron chi connectivity index (χ4n) is 2.15. The quantitative estimate of drug-likeness (QED) is 0.683. The number of nitrogens with zero attached hydrogens (tertiary/aromatic N) is 5. The monoisotopic (exact) mass is 303 g/mol. The lowest BCUT2D eigenvalue weighted by atomic mass is 10.2. The van der Waals surface area contributed by atoms with Crippen molar-refractivity contribution in [2.45, 2.75) is 27.2 Å². The van der Waals surface area contributed by atoms with Crippen LogP contribution in [0.5, 0.6) is 0 Å². The van der Waals surface area contributed by atoms with Gasteiger partial charge in [-0.15, -0.1) is 0 Å². The SMILES string of the molecule is CCc1cnc(-n2cc(C#Cc3ccnc(C)c3)nc2C)nc1. The summed E-state index contributed by atoms with van der Waals surface area (Å²) in [7, 11) is 0. The predicted octanol–water partition coefficient (Wildman–Crippen LogP) is 2.64. The Morgan fingerprint density at radius 3 is 2.57 bits per heavy atom. The zero-order chi connectivity index (χ0) is 16.2. The van der Waals surface area contributed by atoms with Gasteiger partial charge in [-0.05, 0) is 43.9 Å². The number of aryl methyl sites for hydroxylation is 3. The van der Waals surface area contributed by atoms with Gasteiger partial charge in [0.2, 0.25) is 5.95 Å². The summed E-state index contributed by atoms with van der Waals surface area (Å²) in [6, 6.07) is 3.83. The van der Waals surface area contributed by atoms with Gasteiger partial charge in [-0.1, -0.05) is 12.8 Å². The van der Waals surface area contributed by atoms with E-state index < -0.39 is 0 Å². The molecule has 0 spiro atoms. The highest BCUT2D eigenvalue weighted by Crippen LogP contribution is 2.08. The van der Waals surface area contributed by atoms with Gasteiger partial charge in [0.15, 0.2) is 0 Å². The fourth-order valence-corrected chi connectivity index (χ4v) is 2.15. The lowest BCUT2D eigenvalue weighted by Crippen LogP contribution is -2.02. The second-order valence-electron chi connectivity index (χ2n) is 5.22. The van der Waals surface area contributed by atoms with Crippen molar-refractivity contribution in [1.29, 1.82) is 0 Å². The molecule has 0 bridgehead atoms. The van der Waals surface area contributed by atoms with E-state index in [0.717, 1.165) is 29.1 Å². The highest BCUT2D eigenvalue weighted by Gasteiger charge is 2.06. The first kappa shape index (κ1) is 14.9. The molecule has 5 heteroatoms. The Balaban J connectivity index is 1.89. The maximum absolute atomic E-state index is 4.46. The minimum absolute atomic E-state index is 0.611. The normalized spacial score (nSPS) is 10.2. The standard InChI is InChI=1S/C18H17N5/c1-4-15-10-20-18(21-11-15)23-12-17(22-14(23)3)6-5-16-7-8-19-13(2)9-16/h7-12H,4H2,1-3H3. The van der Waals surface area contributed by atoms with E-state index in [9.17, 15) is 0 Å². The van der Waals surface area contributed by atoms with Crippen LogP contribution in [0.3, 0.4) is 0 Å². The Labute approximate surface area is 135 Å². The minimum Gasteiger partial charge on any atom is -0.271 e. The Kier molecular flexibility index (Phi) is 4.15. The zero-order valence-corrected chi connectivity index (χ0v) is 13.4. The van der Waals surface area contributed by atoms with Gasteiger partial charge in [0.1, 0.15) is 11.5 Å². The first-order chi connectivity index (χ1) is 11.2. The van der Waals surface area contributed by atoms with Gasteiger partial charge in [-0.25, -0.2) is 15.0 Å². The summed E-state index contributed by atoms with van der Waals surface area (Å²) < 4.78 is 1.85. The van der Waals surface area contributed by atoms with Gasteiger partial charge in [0, 0.05) is 36.0 Å². The summed E-state index contributed by atoms with van der Waals surface area (Å²) in [6.45, 7) is 5.94. The molecule has 0 aliphatic rings. The molecule has 0 fully saturated rings. The molecule has 3 rings (SSSR count). The lowest BCUT2D eigenvalue weighted by Gasteiger charge is -2.02. The maximum Gasteiger partial charge on any atom is 0.235 e. The van der Waals surface area contributed by atoms with E-state index in [2.05, 4.69) is 38.7 Å². The van der Waals surface area contributed by atoms with Gasteiger partial charge in [-0.2, -0.15) is 0 Å². The molecule has 0 saturated carbocycles. The van der Waals surface area contributed by atoms with Crippen LogP contribution in [0.1, 0.15) is 35.3 Å². The number of rotatable bonds is 2. The van der Waals surface area contributed by atoms with Crippen LogP contribution in [0.15, 0.2) is 36.9 Å². The molecule has 0 atom stereocenters. The van der Waals surface area contributed by atoms with Crippen molar-refractivity contribution < 1.29 is 0 Å². The van der Waals surface area contributed by atoms with Gasteiger partial charge in [-0.3, -0.25) is 9.55 Å². The molecule has 23 heavy (non-hydrogen) atoms. The van der Waals surface area contributed by atoms with Crippen LogP contribution in [0, 0.1) is 25.7 Å². The average Bonchev–Trinajstić information content (AvgIpc) is 2.94. The molecule has 5 nitrogen and oxygen atoms in total. The molecule has 0 aromatic carbocycles. The topological polar surface area (TPSA) is 56.5 Å². The Hall–Kier alpha value is -3.00. The van der Waals surface area contributed by atoms with E-state index in [1.54, 1.807) is 6.20 Å². The predicted molar refractivity (Wildman–Crippen MR) is 88.2 cm³/mol. The third-order valence-electron chi connectivity index (χ3n) is 3.43. The molecule has 0 N–H and O–H groups in total. The van der Waals surface area contributed by atoms with E-state index in [-0.39, 0.29) is 0 Å². The Morgan fingerprint density at radius 1 is 1.09 bits per heavy atom. The number of imidazole rings is 1. The number of hydrogen-bond donors (Lipinski definition) is 0. The molecular formula is C18H17N5. The van der Waals surface area contributed by atoms with E-state index in [1.165, 1.54) is 0 Å². The van der Waals surface area contributed by atoms with Crippen LogP contribution in [0.2, 0.25) is 0 Å². The average molecular weight is 303 g/mol. The number of hydrogen-bond acceptors (Lipinski definition) is 4. The third-order valence-corrected chi connectivity index (χ3v) is 3.43. The summed E-state index contributed by atoms with van der Waals surface area (Å²) in [6.07, 6.45) is 8.22. The van der Waals surface area contributed by atoms with Crippen molar-refractivity contribution >= 4 is 0 Å². The lowest BCUT2D eigenvalue weighted by molar-refractivity contribution is 0.871. The van der Waals surface area contributed by atoms with E-state index in [1.807, 2.05) is 49.1 Å². The van der Waals surface area contributed by atoms with Crippen LogP contribution >= 0.6 is 0 Å². The first-order valence-corrected chi connectivity index (χ1v) is 7.47. The van der Waals surface area contributed by atoms with E-state index in [0.29, 0.717) is 11.6 Å². The first-order valence-electron chi connectivity index (χ1n) is 7.47. The Morgan fingerprint density at radius 2 is 1.87 bits per heavy atom. The molecule has 0 saturated heterocycles. The highest BCUT2D eigenvalue weighted by atomic mass is 15.2. The van der Waals surface area contributed by atoms with Gasteiger partial charge >= 0.3 is 0 Å². The second-order valence-corrected chi connectivity index (χ2v) is 5.22. The van der Waals surface area contributed by atoms with Crippen molar-refractivity contribution in [3.63, 3.8) is 0 Å². The van der Waals surface area contributed by atoms with Crippen molar-refractivity contribution in [2.24, 2.45) is 0 Å². The summed E-state index contributed by atoms with van der Waals surface area (Å²) in [4.78, 5) is 17.4. The van der Waals surface area contributed by atoms with E-state index in [4.69, 9.17) is 0 Å². The van der Waals surface area contributed by atoms with Crippen LogP contribution in [0.25, 0.3) is 5.95 Å². The molecule has 0 unspecified atom stereocenters. The number of aromatic nitrogens is 5. The summed E-state index contributed by atoms with van der Waals surface area (Å²) in [5.74, 6) is 7.60. The third kappa shape index (κ3) is 3.43. The summed E-state index contributed by atoms with van der Waals surface area (Å²) >= 11 is 0. The summed E-state index contributed by atoms with van der Waals surface area (Å²) in [5, 5.41) is 0. The highest BCUT2D eigenvalue weighted by molar-refractivity contribution is 5.40. The maximum atomic E-state index is 4.46. The molecule has 0 amide bonds. The largest absolute Gasteiger partial charge is 0.271 e. The molecule has 0 radical (unpaired) electrons. The van der Waals surface area contributed by atoms with Gasteiger partial charge < -0.3 is 0 Å². The minimum atomic E-state index is 0.611. The molecule has 3 aromatic rings. The van der Waals surface area contributed by atoms with Crippen molar-refractivity contribution in [1.82, 2.24) is 24.5 Å². The molecule has 0 aliphatic carbocycles. The zero-order valence-electron chi connectivity index (χ0n) is 13.4. The fraction of sp³-hybridized carbons (Fsp3) is 0.222. The van der Waals surface area contributed by atoms with Crippen LogP contribution in [0.4, 0.5) is 0 Å². The van der Waals surface area contributed by atoms with E-state index >= 15 is 0 Å². The second kappa shape index (κ2) is 6.41. The van der Waals surface area contributed by atoms with Crippen molar-refractivity contribution in [3.8, 4) is 17.8 Å². The molecular weight excluding hydrogens is 286 g/mol. The molecule has 3 aromatic heterocycles. The van der Waals surface area contributed by atoms with Crippen molar-refractivity contribution in [3.05, 3.63) is 65.3 Å². The van der Waals surface area contributed by atoms with Crippen LogP contribution in [-0.2, 0) is 6.42 Å². The van der Waals surface area contributed by atoms with Crippen molar-refractivity contribution in [2.75, 3.05) is 0 Å². The van der Waals surface area contributed by atoms with Crippen LogP contribution < -0.4 is 0 Å². The Bertz CT molecular complexity index is 882. The summed E-state index contributed by atoms with van der Waals surface area (Å²) in [5.41, 5.74) is 3.68. The van der Waals surface area contributed by atoms with Gasteiger partial charge in [0.05, 0.1) is 0 Å².